The number of benzene rings is 1. The molecule has 0 unspecified atom stereocenters. The van der Waals surface area contributed by atoms with Crippen LogP contribution >= 0.6 is 0 Å². The van der Waals surface area contributed by atoms with Gasteiger partial charge in [0.05, 0.1) is 5.41 Å². The van der Waals surface area contributed by atoms with Crippen LogP contribution in [0.5, 0.6) is 0 Å². The molecule has 1 heterocycles. The molecule has 1 N–H and O–H groups in total. The van der Waals surface area contributed by atoms with Gasteiger partial charge in [-0.2, -0.15) is 0 Å². The average Bonchev–Trinajstić information content (AvgIpc) is 2.31. The number of nitrogens with zero attached hydrogens (tertiary/aromatic N) is 1. The Morgan fingerprint density at radius 3 is 2.26 bits per heavy atom. The van der Waals surface area contributed by atoms with Gasteiger partial charge in [0.25, 0.3) is 0 Å². The first-order valence-corrected chi connectivity index (χ1v) is 6.30. The summed E-state index contributed by atoms with van der Waals surface area (Å²) in [5.41, 5.74) is -0.0969. The molecule has 0 radical (unpaired) electrons. The van der Waals surface area contributed by atoms with Crippen LogP contribution in [0.15, 0.2) is 18.2 Å². The summed E-state index contributed by atoms with van der Waals surface area (Å²) in [5.74, 6) is -1.94. The molecule has 104 valence electrons. The molecule has 1 saturated heterocycles. The largest absolute Gasteiger partial charge is 0.481 e. The van der Waals surface area contributed by atoms with Crippen molar-refractivity contribution in [2.24, 2.45) is 5.41 Å². The van der Waals surface area contributed by atoms with Crippen molar-refractivity contribution >= 4 is 5.97 Å². The number of rotatable bonds is 3. The van der Waals surface area contributed by atoms with Gasteiger partial charge in [-0.25, -0.2) is 8.78 Å². The van der Waals surface area contributed by atoms with Crippen molar-refractivity contribution in [2.45, 2.75) is 26.3 Å². The molecule has 3 nitrogen and oxygen atoms in total. The van der Waals surface area contributed by atoms with Crippen molar-refractivity contribution in [3.05, 3.63) is 35.4 Å². The maximum absolute atomic E-state index is 13.1. The normalized spacial score (nSPS) is 19.3. The zero-order valence-corrected chi connectivity index (χ0v) is 10.8. The average molecular weight is 269 g/mol. The number of carboxylic acid groups (broad SMARTS) is 1. The Morgan fingerprint density at radius 1 is 1.26 bits per heavy atom. The molecule has 1 aliphatic heterocycles. The second-order valence-corrected chi connectivity index (χ2v) is 5.42. The molecule has 0 aromatic heterocycles. The van der Waals surface area contributed by atoms with E-state index in [0.717, 1.165) is 6.07 Å². The van der Waals surface area contributed by atoms with Crippen LogP contribution in [0.25, 0.3) is 0 Å². The predicted molar refractivity (Wildman–Crippen MR) is 66.6 cm³/mol. The fraction of sp³-hybridized carbons (Fsp3) is 0.500. The molecule has 0 bridgehead atoms. The maximum atomic E-state index is 13.1. The molecular weight excluding hydrogens is 252 g/mol. The lowest BCUT2D eigenvalue weighted by molar-refractivity contribution is -0.150. The van der Waals surface area contributed by atoms with Crippen LogP contribution in [0.4, 0.5) is 8.78 Å². The van der Waals surface area contributed by atoms with E-state index in [2.05, 4.69) is 0 Å². The highest BCUT2D eigenvalue weighted by Gasteiger charge is 2.36. The van der Waals surface area contributed by atoms with Crippen LogP contribution in [0.3, 0.4) is 0 Å². The summed E-state index contributed by atoms with van der Waals surface area (Å²) in [6.45, 7) is 3.45. The van der Waals surface area contributed by atoms with Crippen molar-refractivity contribution in [2.75, 3.05) is 13.1 Å². The molecule has 1 fully saturated rings. The molecule has 1 aromatic rings. The van der Waals surface area contributed by atoms with Gasteiger partial charge >= 0.3 is 5.97 Å². The van der Waals surface area contributed by atoms with E-state index in [1.54, 1.807) is 6.92 Å². The van der Waals surface area contributed by atoms with Gasteiger partial charge < -0.3 is 5.11 Å². The summed E-state index contributed by atoms with van der Waals surface area (Å²) in [4.78, 5) is 13.1. The minimum Gasteiger partial charge on any atom is -0.481 e. The first kappa shape index (κ1) is 13.9. The first-order valence-electron chi connectivity index (χ1n) is 6.30. The third-order valence-electron chi connectivity index (χ3n) is 3.80. The monoisotopic (exact) mass is 269 g/mol. The first-order chi connectivity index (χ1) is 8.89. The fourth-order valence-electron chi connectivity index (χ4n) is 2.38. The van der Waals surface area contributed by atoms with Crippen LogP contribution < -0.4 is 0 Å². The molecule has 2 rings (SSSR count). The molecule has 0 amide bonds. The Hall–Kier alpha value is -1.49. The highest BCUT2D eigenvalue weighted by atomic mass is 19.1. The number of aliphatic carboxylic acids is 1. The van der Waals surface area contributed by atoms with Crippen LogP contribution in [0.1, 0.15) is 25.3 Å². The van der Waals surface area contributed by atoms with Gasteiger partial charge in [-0.3, -0.25) is 9.69 Å². The van der Waals surface area contributed by atoms with Crippen LogP contribution in [-0.2, 0) is 11.3 Å². The zero-order valence-electron chi connectivity index (χ0n) is 10.8. The van der Waals surface area contributed by atoms with E-state index in [-0.39, 0.29) is 0 Å². The fourth-order valence-corrected chi connectivity index (χ4v) is 2.38. The number of hydrogen-bond donors (Lipinski definition) is 1. The van der Waals surface area contributed by atoms with Crippen LogP contribution in [0, 0.1) is 17.0 Å². The zero-order chi connectivity index (χ0) is 14.0. The van der Waals surface area contributed by atoms with Crippen molar-refractivity contribution in [3.63, 3.8) is 0 Å². The van der Waals surface area contributed by atoms with Crippen LogP contribution in [-0.4, -0.2) is 29.1 Å². The minimum atomic E-state index is -0.774. The van der Waals surface area contributed by atoms with Gasteiger partial charge in [0.15, 0.2) is 0 Å². The van der Waals surface area contributed by atoms with E-state index >= 15 is 0 Å². The topological polar surface area (TPSA) is 40.5 Å². The third-order valence-corrected chi connectivity index (χ3v) is 3.80. The molecule has 1 aromatic carbocycles. The van der Waals surface area contributed by atoms with E-state index < -0.39 is 23.0 Å². The lowest BCUT2D eigenvalue weighted by atomic mass is 9.80. The molecular formula is C14H17F2NO2. The second kappa shape index (κ2) is 5.25. The van der Waals surface area contributed by atoms with Crippen LogP contribution in [0.2, 0.25) is 0 Å². The third kappa shape index (κ3) is 3.29. The van der Waals surface area contributed by atoms with Gasteiger partial charge in [-0.1, -0.05) is 0 Å². The standard InChI is InChI=1S/C14H17F2NO2/c1-14(13(18)19)2-4-17(5-3-14)9-10-6-11(15)8-12(16)7-10/h6-8H,2-5,9H2,1H3,(H,18,19). The minimum absolute atomic E-state index is 0.449. The molecule has 19 heavy (non-hydrogen) atoms. The van der Waals surface area contributed by atoms with Gasteiger partial charge in [-0.15, -0.1) is 0 Å². The van der Waals surface area contributed by atoms with Gasteiger partial charge in [-0.05, 0) is 50.6 Å². The quantitative estimate of drug-likeness (QED) is 0.917. The number of hydrogen-bond acceptors (Lipinski definition) is 2. The van der Waals surface area contributed by atoms with Crippen molar-refractivity contribution in [1.82, 2.24) is 4.90 Å². The highest BCUT2D eigenvalue weighted by Crippen LogP contribution is 2.31. The lowest BCUT2D eigenvalue weighted by Crippen LogP contribution is -2.42. The van der Waals surface area contributed by atoms with Crippen molar-refractivity contribution in [3.8, 4) is 0 Å². The number of likely N-dealkylation sites (tertiary alicyclic amines) is 1. The van der Waals surface area contributed by atoms with E-state index in [4.69, 9.17) is 5.11 Å². The SMILES string of the molecule is CC1(C(=O)O)CCN(Cc2cc(F)cc(F)c2)CC1. The Kier molecular flexibility index (Phi) is 3.85. The molecule has 0 aliphatic carbocycles. The van der Waals surface area contributed by atoms with Gasteiger partial charge in [0, 0.05) is 12.6 Å². The highest BCUT2D eigenvalue weighted by molar-refractivity contribution is 5.74. The summed E-state index contributed by atoms with van der Waals surface area (Å²) >= 11 is 0. The number of halogens is 2. The molecule has 0 atom stereocenters. The molecule has 0 saturated carbocycles. The summed E-state index contributed by atoms with van der Waals surface area (Å²) < 4.78 is 26.1. The summed E-state index contributed by atoms with van der Waals surface area (Å²) in [5, 5.41) is 9.13. The Morgan fingerprint density at radius 2 is 1.79 bits per heavy atom. The Balaban J connectivity index is 1.97. The van der Waals surface area contributed by atoms with E-state index in [9.17, 15) is 13.6 Å². The predicted octanol–water partition coefficient (Wildman–Crippen LogP) is 2.65. The second-order valence-electron chi connectivity index (χ2n) is 5.42. The molecule has 0 spiro atoms. The smallest absolute Gasteiger partial charge is 0.309 e. The van der Waals surface area contributed by atoms with Gasteiger partial charge in [0.1, 0.15) is 11.6 Å². The molecule has 1 aliphatic rings. The lowest BCUT2D eigenvalue weighted by Gasteiger charge is -2.36. The van der Waals surface area contributed by atoms with Crippen molar-refractivity contribution in [1.29, 1.82) is 0 Å². The number of piperidine rings is 1. The Labute approximate surface area is 110 Å². The number of carbonyl (C=O) groups is 1. The summed E-state index contributed by atoms with van der Waals surface area (Å²) in [6, 6.07) is 3.48. The summed E-state index contributed by atoms with van der Waals surface area (Å²) in [7, 11) is 0. The summed E-state index contributed by atoms with van der Waals surface area (Å²) in [6.07, 6.45) is 1.11. The van der Waals surface area contributed by atoms with Crippen molar-refractivity contribution < 1.29 is 18.7 Å². The van der Waals surface area contributed by atoms with E-state index in [1.807, 2.05) is 4.90 Å². The number of carboxylic acids is 1. The maximum Gasteiger partial charge on any atom is 0.309 e. The van der Waals surface area contributed by atoms with E-state index in [0.29, 0.717) is 38.0 Å². The van der Waals surface area contributed by atoms with E-state index in [1.165, 1.54) is 12.1 Å². The van der Waals surface area contributed by atoms with Gasteiger partial charge in [0.2, 0.25) is 0 Å². The Bertz CT molecular complexity index is 462. The molecule has 5 heteroatoms.